The molecule has 4 nitrogen and oxygen atoms in total. The molecule has 2 aromatic rings. The Morgan fingerprint density at radius 3 is 2.54 bits per heavy atom. The molecule has 0 radical (unpaired) electrons. The molecule has 0 fully saturated rings. The zero-order valence-corrected chi connectivity index (χ0v) is 13.9. The highest BCUT2D eigenvalue weighted by Gasteiger charge is 2.37. The lowest BCUT2D eigenvalue weighted by molar-refractivity contribution is -0.121. The summed E-state index contributed by atoms with van der Waals surface area (Å²) in [5.41, 5.74) is 3.16. The Morgan fingerprint density at radius 1 is 1.12 bits per heavy atom. The standard InChI is InChI=1S/C20H21NO3/c1-20(2)12-17(15-9-5-6-10-16(15)20)21-18(22)11-13-7-3-4-8-14(13)19(23)24/h3-10,17H,11-12H2,1-2H3,(H,21,22)(H,23,24). The number of hydrogen-bond acceptors (Lipinski definition) is 2. The number of rotatable bonds is 4. The molecule has 1 aliphatic carbocycles. The zero-order chi connectivity index (χ0) is 17.3. The fraction of sp³-hybridized carbons (Fsp3) is 0.300. The first-order valence-electron chi connectivity index (χ1n) is 8.08. The first-order valence-corrected chi connectivity index (χ1v) is 8.08. The molecule has 0 saturated heterocycles. The predicted molar refractivity (Wildman–Crippen MR) is 92.1 cm³/mol. The van der Waals surface area contributed by atoms with E-state index in [0.29, 0.717) is 5.56 Å². The largest absolute Gasteiger partial charge is 0.478 e. The molecule has 1 unspecified atom stereocenters. The Bertz CT molecular complexity index is 795. The number of carboxylic acid groups (broad SMARTS) is 1. The smallest absolute Gasteiger partial charge is 0.335 e. The molecular weight excluding hydrogens is 302 g/mol. The van der Waals surface area contributed by atoms with Gasteiger partial charge in [-0.05, 0) is 34.6 Å². The number of aromatic carboxylic acids is 1. The summed E-state index contributed by atoms with van der Waals surface area (Å²) in [5.74, 6) is -1.16. The van der Waals surface area contributed by atoms with Crippen LogP contribution in [0.15, 0.2) is 48.5 Å². The van der Waals surface area contributed by atoms with Gasteiger partial charge in [0.1, 0.15) is 0 Å². The van der Waals surface area contributed by atoms with Crippen molar-refractivity contribution in [3.05, 3.63) is 70.8 Å². The van der Waals surface area contributed by atoms with Crippen LogP contribution in [0.5, 0.6) is 0 Å². The van der Waals surface area contributed by atoms with Crippen LogP contribution < -0.4 is 5.32 Å². The average Bonchev–Trinajstić information content (AvgIpc) is 2.79. The fourth-order valence-corrected chi connectivity index (χ4v) is 3.58. The molecule has 2 N–H and O–H groups in total. The number of carbonyl (C=O) groups is 2. The van der Waals surface area contributed by atoms with Crippen LogP contribution in [0.3, 0.4) is 0 Å². The van der Waals surface area contributed by atoms with Gasteiger partial charge in [0.15, 0.2) is 0 Å². The summed E-state index contributed by atoms with van der Waals surface area (Å²) in [7, 11) is 0. The number of nitrogens with one attached hydrogen (secondary N) is 1. The summed E-state index contributed by atoms with van der Waals surface area (Å²) in [5, 5.41) is 12.3. The number of fused-ring (bicyclic) bond motifs is 1. The Hall–Kier alpha value is -2.62. The van der Waals surface area contributed by atoms with E-state index >= 15 is 0 Å². The van der Waals surface area contributed by atoms with E-state index in [1.54, 1.807) is 18.2 Å². The minimum Gasteiger partial charge on any atom is -0.478 e. The summed E-state index contributed by atoms with van der Waals surface area (Å²) in [4.78, 5) is 23.7. The summed E-state index contributed by atoms with van der Waals surface area (Å²) in [6.07, 6.45) is 0.917. The number of hydrogen-bond donors (Lipinski definition) is 2. The van der Waals surface area contributed by atoms with E-state index < -0.39 is 5.97 Å². The van der Waals surface area contributed by atoms with E-state index in [-0.39, 0.29) is 29.3 Å². The number of carbonyl (C=O) groups excluding carboxylic acids is 1. The normalized spacial score (nSPS) is 18.0. The molecule has 0 bridgehead atoms. The van der Waals surface area contributed by atoms with Gasteiger partial charge in [-0.2, -0.15) is 0 Å². The van der Waals surface area contributed by atoms with Crippen molar-refractivity contribution in [3.63, 3.8) is 0 Å². The van der Waals surface area contributed by atoms with Crippen LogP contribution in [-0.4, -0.2) is 17.0 Å². The van der Waals surface area contributed by atoms with E-state index in [1.807, 2.05) is 12.1 Å². The maximum atomic E-state index is 12.5. The molecule has 0 saturated carbocycles. The second-order valence-electron chi connectivity index (χ2n) is 6.93. The highest BCUT2D eigenvalue weighted by atomic mass is 16.4. The summed E-state index contributed by atoms with van der Waals surface area (Å²) >= 11 is 0. The Labute approximate surface area is 141 Å². The van der Waals surface area contributed by atoms with Gasteiger partial charge in [-0.25, -0.2) is 4.79 Å². The van der Waals surface area contributed by atoms with Crippen molar-refractivity contribution in [1.82, 2.24) is 5.32 Å². The Morgan fingerprint density at radius 2 is 1.79 bits per heavy atom. The van der Waals surface area contributed by atoms with Crippen molar-refractivity contribution in [2.45, 2.75) is 38.1 Å². The van der Waals surface area contributed by atoms with Crippen molar-refractivity contribution in [2.75, 3.05) is 0 Å². The Kier molecular flexibility index (Phi) is 4.14. The molecule has 3 rings (SSSR count). The quantitative estimate of drug-likeness (QED) is 0.905. The lowest BCUT2D eigenvalue weighted by atomic mass is 9.86. The van der Waals surface area contributed by atoms with E-state index in [4.69, 9.17) is 0 Å². The molecule has 4 heteroatoms. The second kappa shape index (κ2) is 6.11. The molecule has 24 heavy (non-hydrogen) atoms. The highest BCUT2D eigenvalue weighted by Crippen LogP contribution is 2.44. The number of benzene rings is 2. The minimum atomic E-state index is -1.01. The van der Waals surface area contributed by atoms with Gasteiger partial charge >= 0.3 is 5.97 Å². The number of carboxylic acids is 1. The van der Waals surface area contributed by atoms with Gasteiger partial charge in [0.25, 0.3) is 0 Å². The summed E-state index contributed by atoms with van der Waals surface area (Å²) in [6, 6.07) is 14.8. The number of amides is 1. The van der Waals surface area contributed by atoms with Crippen molar-refractivity contribution in [2.24, 2.45) is 0 Å². The lowest BCUT2D eigenvalue weighted by Crippen LogP contribution is -2.30. The van der Waals surface area contributed by atoms with E-state index in [9.17, 15) is 14.7 Å². The maximum absolute atomic E-state index is 12.5. The van der Waals surface area contributed by atoms with E-state index in [1.165, 1.54) is 11.6 Å². The van der Waals surface area contributed by atoms with Crippen molar-refractivity contribution >= 4 is 11.9 Å². The Balaban J connectivity index is 1.77. The van der Waals surface area contributed by atoms with E-state index in [0.717, 1.165) is 12.0 Å². The van der Waals surface area contributed by atoms with Crippen LogP contribution in [0.25, 0.3) is 0 Å². The first kappa shape index (κ1) is 16.2. The summed E-state index contributed by atoms with van der Waals surface area (Å²) < 4.78 is 0. The maximum Gasteiger partial charge on any atom is 0.335 e. The van der Waals surface area contributed by atoms with Gasteiger partial charge in [-0.1, -0.05) is 56.3 Å². The van der Waals surface area contributed by atoms with Crippen LogP contribution >= 0.6 is 0 Å². The zero-order valence-electron chi connectivity index (χ0n) is 13.9. The van der Waals surface area contributed by atoms with E-state index in [2.05, 4.69) is 31.3 Å². The lowest BCUT2D eigenvalue weighted by Gasteiger charge is -2.19. The SMILES string of the molecule is CC1(C)CC(NC(=O)Cc2ccccc2C(=O)O)c2ccccc21. The van der Waals surface area contributed by atoms with Gasteiger partial charge in [0.2, 0.25) is 5.91 Å². The second-order valence-corrected chi connectivity index (χ2v) is 6.93. The molecule has 2 aromatic carbocycles. The molecule has 0 spiro atoms. The molecule has 0 heterocycles. The van der Waals surface area contributed by atoms with Gasteiger partial charge in [0.05, 0.1) is 18.0 Å². The van der Waals surface area contributed by atoms with Gasteiger partial charge in [-0.3, -0.25) is 4.79 Å². The highest BCUT2D eigenvalue weighted by molar-refractivity contribution is 5.91. The van der Waals surface area contributed by atoms with Crippen molar-refractivity contribution in [1.29, 1.82) is 0 Å². The van der Waals surface area contributed by atoms with Gasteiger partial charge in [-0.15, -0.1) is 0 Å². The van der Waals surface area contributed by atoms with Crippen LogP contribution in [0.1, 0.15) is 53.4 Å². The molecular formula is C20H21NO3. The fourth-order valence-electron chi connectivity index (χ4n) is 3.58. The van der Waals surface area contributed by atoms with Crippen molar-refractivity contribution < 1.29 is 14.7 Å². The van der Waals surface area contributed by atoms with Gasteiger partial charge in [0, 0.05) is 0 Å². The third-order valence-electron chi connectivity index (χ3n) is 4.71. The minimum absolute atomic E-state index is 0.0213. The molecule has 0 aromatic heterocycles. The predicted octanol–water partition coefficient (Wildman–Crippen LogP) is 3.47. The molecule has 0 aliphatic heterocycles. The third-order valence-corrected chi connectivity index (χ3v) is 4.71. The third kappa shape index (κ3) is 3.04. The first-order chi connectivity index (χ1) is 11.4. The summed E-state index contributed by atoms with van der Waals surface area (Å²) in [6.45, 7) is 4.36. The molecule has 1 atom stereocenters. The molecule has 124 valence electrons. The topological polar surface area (TPSA) is 66.4 Å². The van der Waals surface area contributed by atoms with Crippen LogP contribution in [0.2, 0.25) is 0 Å². The van der Waals surface area contributed by atoms with Crippen LogP contribution in [0.4, 0.5) is 0 Å². The van der Waals surface area contributed by atoms with Gasteiger partial charge < -0.3 is 10.4 Å². The molecule has 1 aliphatic rings. The monoisotopic (exact) mass is 323 g/mol. The van der Waals surface area contributed by atoms with Crippen LogP contribution in [0, 0.1) is 0 Å². The molecule has 1 amide bonds. The van der Waals surface area contributed by atoms with Crippen LogP contribution in [-0.2, 0) is 16.6 Å². The van der Waals surface area contributed by atoms with Crippen molar-refractivity contribution in [3.8, 4) is 0 Å². The average molecular weight is 323 g/mol.